The van der Waals surface area contributed by atoms with Crippen molar-refractivity contribution in [2.75, 3.05) is 13.7 Å². The Morgan fingerprint density at radius 2 is 2.19 bits per heavy atom. The smallest absolute Gasteiger partial charge is 0.228 e. The van der Waals surface area contributed by atoms with Gasteiger partial charge in [-0.15, -0.1) is 0 Å². The standard InChI is InChI=1S/C11H21N3O2/c1-5-15-7-10-13-11(16-14-10)6-9(12-4)8(2)3/h8-9,12H,5-7H2,1-4H3. The van der Waals surface area contributed by atoms with Gasteiger partial charge in [0, 0.05) is 19.1 Å². The summed E-state index contributed by atoms with van der Waals surface area (Å²) in [5, 5.41) is 7.10. The highest BCUT2D eigenvalue weighted by Crippen LogP contribution is 2.08. The Bertz CT molecular complexity index is 299. The van der Waals surface area contributed by atoms with Crippen molar-refractivity contribution in [2.45, 2.75) is 39.8 Å². The molecule has 1 atom stereocenters. The predicted molar refractivity (Wildman–Crippen MR) is 61.0 cm³/mol. The maximum atomic E-state index is 5.21. The lowest BCUT2D eigenvalue weighted by atomic mass is 10.0. The first kappa shape index (κ1) is 13.1. The van der Waals surface area contributed by atoms with Crippen LogP contribution < -0.4 is 5.32 Å². The van der Waals surface area contributed by atoms with Gasteiger partial charge in [0.1, 0.15) is 6.61 Å². The largest absolute Gasteiger partial charge is 0.374 e. The van der Waals surface area contributed by atoms with Crippen LogP contribution in [0, 0.1) is 5.92 Å². The lowest BCUT2D eigenvalue weighted by Crippen LogP contribution is -2.32. The Kier molecular flexibility index (Phi) is 5.42. The molecule has 0 fully saturated rings. The third-order valence-electron chi connectivity index (χ3n) is 2.52. The van der Waals surface area contributed by atoms with Gasteiger partial charge in [-0.25, -0.2) is 0 Å². The molecule has 1 rings (SSSR count). The van der Waals surface area contributed by atoms with Crippen LogP contribution in [0.25, 0.3) is 0 Å². The number of nitrogens with zero attached hydrogens (tertiary/aromatic N) is 2. The van der Waals surface area contributed by atoms with Crippen LogP contribution in [0.4, 0.5) is 0 Å². The molecule has 0 saturated carbocycles. The molecule has 0 aliphatic heterocycles. The number of likely N-dealkylation sites (N-methyl/N-ethyl adjacent to an activating group) is 1. The zero-order valence-electron chi connectivity index (χ0n) is 10.5. The Morgan fingerprint density at radius 1 is 1.44 bits per heavy atom. The van der Waals surface area contributed by atoms with E-state index in [0.717, 1.165) is 6.42 Å². The van der Waals surface area contributed by atoms with Crippen molar-refractivity contribution in [1.82, 2.24) is 15.5 Å². The summed E-state index contributed by atoms with van der Waals surface area (Å²) in [4.78, 5) is 4.28. The molecule has 0 saturated heterocycles. The fourth-order valence-corrected chi connectivity index (χ4v) is 1.48. The monoisotopic (exact) mass is 227 g/mol. The normalized spacial score (nSPS) is 13.3. The number of hydrogen-bond acceptors (Lipinski definition) is 5. The van der Waals surface area contributed by atoms with Gasteiger partial charge in [-0.2, -0.15) is 4.98 Å². The highest BCUT2D eigenvalue weighted by atomic mass is 16.5. The Balaban J connectivity index is 2.50. The molecule has 0 aliphatic rings. The Morgan fingerprint density at radius 3 is 2.75 bits per heavy atom. The van der Waals surface area contributed by atoms with Gasteiger partial charge in [-0.1, -0.05) is 19.0 Å². The molecule has 1 N–H and O–H groups in total. The maximum Gasteiger partial charge on any atom is 0.228 e. The molecule has 0 aliphatic carbocycles. The minimum Gasteiger partial charge on any atom is -0.374 e. The second-order valence-electron chi connectivity index (χ2n) is 4.08. The molecular formula is C11H21N3O2. The highest BCUT2D eigenvalue weighted by molar-refractivity contribution is 4.89. The van der Waals surface area contributed by atoms with Gasteiger partial charge in [0.2, 0.25) is 5.89 Å². The molecule has 1 aromatic heterocycles. The van der Waals surface area contributed by atoms with Gasteiger partial charge < -0.3 is 14.6 Å². The summed E-state index contributed by atoms with van der Waals surface area (Å²) >= 11 is 0. The maximum absolute atomic E-state index is 5.21. The second kappa shape index (κ2) is 6.60. The molecule has 92 valence electrons. The van der Waals surface area contributed by atoms with E-state index in [4.69, 9.17) is 9.26 Å². The first-order chi connectivity index (χ1) is 7.67. The van der Waals surface area contributed by atoms with Crippen LogP contribution in [0.2, 0.25) is 0 Å². The molecule has 0 spiro atoms. The van der Waals surface area contributed by atoms with Crippen LogP contribution in [-0.4, -0.2) is 29.8 Å². The molecule has 1 aromatic rings. The van der Waals surface area contributed by atoms with Crippen LogP contribution >= 0.6 is 0 Å². The molecule has 1 unspecified atom stereocenters. The third kappa shape index (κ3) is 3.90. The number of aromatic nitrogens is 2. The molecule has 16 heavy (non-hydrogen) atoms. The summed E-state index contributed by atoms with van der Waals surface area (Å²) in [7, 11) is 1.95. The summed E-state index contributed by atoms with van der Waals surface area (Å²) in [5.41, 5.74) is 0. The number of hydrogen-bond donors (Lipinski definition) is 1. The molecule has 0 aromatic carbocycles. The van der Waals surface area contributed by atoms with E-state index in [1.54, 1.807) is 0 Å². The summed E-state index contributed by atoms with van der Waals surface area (Å²) < 4.78 is 10.4. The fraction of sp³-hybridized carbons (Fsp3) is 0.818. The van der Waals surface area contributed by atoms with E-state index in [0.29, 0.717) is 36.9 Å². The van der Waals surface area contributed by atoms with Crippen molar-refractivity contribution < 1.29 is 9.26 Å². The SMILES string of the molecule is CCOCc1noc(CC(NC)C(C)C)n1. The molecule has 5 heteroatoms. The van der Waals surface area contributed by atoms with Crippen LogP contribution in [-0.2, 0) is 17.8 Å². The lowest BCUT2D eigenvalue weighted by Gasteiger charge is -2.17. The van der Waals surface area contributed by atoms with Crippen LogP contribution in [0.15, 0.2) is 4.52 Å². The predicted octanol–water partition coefficient (Wildman–Crippen LogP) is 1.39. The summed E-state index contributed by atoms with van der Waals surface area (Å²) in [6.07, 6.45) is 0.757. The van der Waals surface area contributed by atoms with E-state index in [1.807, 2.05) is 14.0 Å². The van der Waals surface area contributed by atoms with Gasteiger partial charge in [0.15, 0.2) is 5.82 Å². The average Bonchev–Trinajstić information content (AvgIpc) is 2.70. The first-order valence-corrected chi connectivity index (χ1v) is 5.73. The topological polar surface area (TPSA) is 60.2 Å². The third-order valence-corrected chi connectivity index (χ3v) is 2.52. The Labute approximate surface area is 96.6 Å². The minimum absolute atomic E-state index is 0.361. The lowest BCUT2D eigenvalue weighted by molar-refractivity contribution is 0.126. The minimum atomic E-state index is 0.361. The zero-order chi connectivity index (χ0) is 12.0. The highest BCUT2D eigenvalue weighted by Gasteiger charge is 2.16. The van der Waals surface area contributed by atoms with Crippen molar-refractivity contribution in [3.8, 4) is 0 Å². The molecular weight excluding hydrogens is 206 g/mol. The van der Waals surface area contributed by atoms with Gasteiger partial charge in [0.05, 0.1) is 0 Å². The van der Waals surface area contributed by atoms with Crippen LogP contribution in [0.1, 0.15) is 32.5 Å². The van der Waals surface area contributed by atoms with Gasteiger partial charge in [-0.05, 0) is 19.9 Å². The van der Waals surface area contributed by atoms with Gasteiger partial charge in [0.25, 0.3) is 0 Å². The van der Waals surface area contributed by atoms with Crippen molar-refractivity contribution in [1.29, 1.82) is 0 Å². The van der Waals surface area contributed by atoms with Crippen molar-refractivity contribution >= 4 is 0 Å². The first-order valence-electron chi connectivity index (χ1n) is 5.73. The summed E-state index contributed by atoms with van der Waals surface area (Å²) in [5.74, 6) is 1.82. The van der Waals surface area contributed by atoms with Crippen LogP contribution in [0.5, 0.6) is 0 Å². The fourth-order valence-electron chi connectivity index (χ4n) is 1.48. The van der Waals surface area contributed by atoms with Crippen molar-refractivity contribution in [3.63, 3.8) is 0 Å². The summed E-state index contributed by atoms with van der Waals surface area (Å²) in [6, 6.07) is 0.361. The van der Waals surface area contributed by atoms with E-state index in [9.17, 15) is 0 Å². The van der Waals surface area contributed by atoms with E-state index >= 15 is 0 Å². The number of ether oxygens (including phenoxy) is 1. The van der Waals surface area contributed by atoms with Crippen molar-refractivity contribution in [3.05, 3.63) is 11.7 Å². The van der Waals surface area contributed by atoms with Crippen molar-refractivity contribution in [2.24, 2.45) is 5.92 Å². The molecule has 0 bridgehead atoms. The molecule has 1 heterocycles. The van der Waals surface area contributed by atoms with Crippen LogP contribution in [0.3, 0.4) is 0 Å². The van der Waals surface area contributed by atoms with Gasteiger partial charge in [-0.3, -0.25) is 0 Å². The van der Waals surface area contributed by atoms with E-state index in [1.165, 1.54) is 0 Å². The van der Waals surface area contributed by atoms with Gasteiger partial charge >= 0.3 is 0 Å². The molecule has 5 nitrogen and oxygen atoms in total. The zero-order valence-corrected chi connectivity index (χ0v) is 10.5. The van der Waals surface area contributed by atoms with E-state index < -0.39 is 0 Å². The Hall–Kier alpha value is -0.940. The quantitative estimate of drug-likeness (QED) is 0.762. The number of rotatable bonds is 7. The second-order valence-corrected chi connectivity index (χ2v) is 4.08. The number of nitrogens with one attached hydrogen (secondary N) is 1. The van der Waals surface area contributed by atoms with E-state index in [-0.39, 0.29) is 0 Å². The van der Waals surface area contributed by atoms with E-state index in [2.05, 4.69) is 29.3 Å². The molecule has 0 amide bonds. The average molecular weight is 227 g/mol. The molecule has 0 radical (unpaired) electrons. The summed E-state index contributed by atoms with van der Waals surface area (Å²) in [6.45, 7) is 7.36.